The fourth-order valence-corrected chi connectivity index (χ4v) is 1.15. The van der Waals surface area contributed by atoms with E-state index in [0.29, 0.717) is 6.04 Å². The minimum Gasteiger partial charge on any atom is -0.335 e. The van der Waals surface area contributed by atoms with Crippen LogP contribution < -0.4 is 0 Å². The van der Waals surface area contributed by atoms with Gasteiger partial charge in [-0.3, -0.25) is 0 Å². The highest BCUT2D eigenvalue weighted by atomic mass is 15.1. The van der Waals surface area contributed by atoms with E-state index < -0.39 is 0 Å². The van der Waals surface area contributed by atoms with Gasteiger partial charge in [-0.2, -0.15) is 0 Å². The molecule has 0 fully saturated rings. The smallest absolute Gasteiger partial charge is 0.0952 e. The molecule has 0 unspecified atom stereocenters. The topological polar surface area (TPSA) is 17.8 Å². The maximum absolute atomic E-state index is 4.44. The van der Waals surface area contributed by atoms with Gasteiger partial charge in [0, 0.05) is 17.7 Å². The van der Waals surface area contributed by atoms with E-state index in [2.05, 4.69) is 50.4 Å². The van der Waals surface area contributed by atoms with E-state index in [1.54, 1.807) is 0 Å². The van der Waals surface area contributed by atoms with E-state index in [1.165, 1.54) is 5.69 Å². The molecule has 0 N–H and O–H groups in total. The van der Waals surface area contributed by atoms with Crippen LogP contribution in [0, 0.1) is 0 Å². The zero-order chi connectivity index (χ0) is 10.1. The maximum atomic E-state index is 4.44. The molecule has 0 radical (unpaired) electrons. The van der Waals surface area contributed by atoms with Crippen LogP contribution in [0.15, 0.2) is 12.5 Å². The van der Waals surface area contributed by atoms with Crippen LogP contribution in [-0.2, 0) is 5.41 Å². The quantitative estimate of drug-likeness (QED) is 0.698. The van der Waals surface area contributed by atoms with Crippen LogP contribution in [0.1, 0.15) is 52.8 Å². The third-order valence-corrected chi connectivity index (χ3v) is 2.78. The predicted molar refractivity (Wildman–Crippen MR) is 55.9 cm³/mol. The summed E-state index contributed by atoms with van der Waals surface area (Å²) in [6.45, 7) is 11.0. The molecule has 0 atom stereocenters. The molecule has 13 heavy (non-hydrogen) atoms. The lowest BCUT2D eigenvalue weighted by Crippen LogP contribution is -2.15. The van der Waals surface area contributed by atoms with Crippen molar-refractivity contribution in [1.29, 1.82) is 0 Å². The Kier molecular flexibility index (Phi) is 2.79. The molecule has 1 heterocycles. The van der Waals surface area contributed by atoms with Gasteiger partial charge in [0.1, 0.15) is 0 Å². The number of rotatable bonds is 3. The number of nitrogens with zero attached hydrogens (tertiary/aromatic N) is 2. The number of aromatic nitrogens is 2. The van der Waals surface area contributed by atoms with Gasteiger partial charge >= 0.3 is 0 Å². The van der Waals surface area contributed by atoms with Crippen molar-refractivity contribution in [2.45, 2.75) is 52.5 Å². The fourth-order valence-electron chi connectivity index (χ4n) is 1.15. The Labute approximate surface area is 81.0 Å². The van der Waals surface area contributed by atoms with Gasteiger partial charge < -0.3 is 4.57 Å². The second kappa shape index (κ2) is 3.52. The highest BCUT2D eigenvalue weighted by Crippen LogP contribution is 2.25. The van der Waals surface area contributed by atoms with Crippen molar-refractivity contribution in [1.82, 2.24) is 9.55 Å². The second-order valence-corrected chi connectivity index (χ2v) is 4.54. The summed E-state index contributed by atoms with van der Waals surface area (Å²) in [5, 5.41) is 0. The van der Waals surface area contributed by atoms with Crippen molar-refractivity contribution >= 4 is 0 Å². The summed E-state index contributed by atoms with van der Waals surface area (Å²) in [6.07, 6.45) is 5.22. The molecule has 0 bridgehead atoms. The molecule has 1 rings (SSSR count). The molecule has 0 spiro atoms. The Balaban J connectivity index is 2.91. The van der Waals surface area contributed by atoms with Crippen molar-refractivity contribution in [3.8, 4) is 0 Å². The molecule has 2 nitrogen and oxygen atoms in total. The van der Waals surface area contributed by atoms with Crippen molar-refractivity contribution in [3.63, 3.8) is 0 Å². The molecule has 74 valence electrons. The van der Waals surface area contributed by atoms with Gasteiger partial charge in [-0.1, -0.05) is 20.8 Å². The molecule has 0 aliphatic rings. The summed E-state index contributed by atoms with van der Waals surface area (Å²) < 4.78 is 2.16. The second-order valence-electron chi connectivity index (χ2n) is 4.54. The lowest BCUT2D eigenvalue weighted by Gasteiger charge is -2.19. The highest BCUT2D eigenvalue weighted by molar-refractivity contribution is 5.10. The van der Waals surface area contributed by atoms with Gasteiger partial charge in [-0.15, -0.1) is 0 Å². The molecule has 1 aromatic rings. The van der Waals surface area contributed by atoms with Crippen molar-refractivity contribution < 1.29 is 0 Å². The van der Waals surface area contributed by atoms with Crippen LogP contribution in [0.25, 0.3) is 0 Å². The zero-order valence-electron chi connectivity index (χ0n) is 9.33. The minimum absolute atomic E-state index is 0.208. The molecule has 0 aliphatic heterocycles. The Bertz CT molecular complexity index is 271. The summed E-state index contributed by atoms with van der Waals surface area (Å²) in [7, 11) is 0. The standard InChI is InChI=1S/C11H20N2/c1-6-11(4,5)10-7-13(8-12-10)9(2)3/h7-9H,6H2,1-5H3. The maximum Gasteiger partial charge on any atom is 0.0952 e. The minimum atomic E-state index is 0.208. The Morgan fingerprint density at radius 3 is 2.46 bits per heavy atom. The number of hydrogen-bond donors (Lipinski definition) is 0. The molecule has 0 saturated carbocycles. The summed E-state index contributed by atoms with van der Waals surface area (Å²) >= 11 is 0. The molecular weight excluding hydrogens is 160 g/mol. The first-order valence-corrected chi connectivity index (χ1v) is 5.01. The lowest BCUT2D eigenvalue weighted by atomic mass is 9.87. The molecule has 0 aliphatic carbocycles. The summed E-state index contributed by atoms with van der Waals surface area (Å²) in [6, 6.07) is 0.508. The first-order chi connectivity index (χ1) is 5.97. The average Bonchev–Trinajstić information content (AvgIpc) is 2.52. The van der Waals surface area contributed by atoms with E-state index in [1.807, 2.05) is 6.33 Å². The largest absolute Gasteiger partial charge is 0.335 e. The van der Waals surface area contributed by atoms with Crippen LogP contribution in [0.3, 0.4) is 0 Å². The zero-order valence-corrected chi connectivity index (χ0v) is 9.33. The molecular formula is C11H20N2. The van der Waals surface area contributed by atoms with Gasteiger partial charge in [0.2, 0.25) is 0 Å². The monoisotopic (exact) mass is 180 g/mol. The molecule has 0 aromatic carbocycles. The molecule has 0 amide bonds. The van der Waals surface area contributed by atoms with E-state index in [-0.39, 0.29) is 5.41 Å². The number of hydrogen-bond acceptors (Lipinski definition) is 1. The summed E-state index contributed by atoms with van der Waals surface area (Å²) in [5.41, 5.74) is 1.41. The normalized spacial score (nSPS) is 12.5. The van der Waals surface area contributed by atoms with Crippen molar-refractivity contribution in [2.75, 3.05) is 0 Å². The van der Waals surface area contributed by atoms with Gasteiger partial charge in [0.15, 0.2) is 0 Å². The van der Waals surface area contributed by atoms with Crippen LogP contribution >= 0.6 is 0 Å². The first kappa shape index (κ1) is 10.3. The van der Waals surface area contributed by atoms with Gasteiger partial charge in [0.05, 0.1) is 12.0 Å². The SMILES string of the molecule is CCC(C)(C)c1cn(C(C)C)cn1. The van der Waals surface area contributed by atoms with Gasteiger partial charge in [-0.25, -0.2) is 4.98 Å². The predicted octanol–water partition coefficient (Wildman–Crippen LogP) is 3.15. The first-order valence-electron chi connectivity index (χ1n) is 5.01. The Morgan fingerprint density at radius 2 is 2.08 bits per heavy atom. The summed E-state index contributed by atoms with van der Waals surface area (Å²) in [5.74, 6) is 0. The Morgan fingerprint density at radius 1 is 1.46 bits per heavy atom. The summed E-state index contributed by atoms with van der Waals surface area (Å²) in [4.78, 5) is 4.44. The van der Waals surface area contributed by atoms with Gasteiger partial charge in [-0.05, 0) is 20.3 Å². The molecule has 0 saturated heterocycles. The Hall–Kier alpha value is -0.790. The third-order valence-electron chi connectivity index (χ3n) is 2.78. The van der Waals surface area contributed by atoms with E-state index in [4.69, 9.17) is 0 Å². The van der Waals surface area contributed by atoms with Crippen molar-refractivity contribution in [2.24, 2.45) is 0 Å². The van der Waals surface area contributed by atoms with Crippen LogP contribution in [0.2, 0.25) is 0 Å². The lowest BCUT2D eigenvalue weighted by molar-refractivity contribution is 0.490. The third kappa shape index (κ3) is 2.11. The highest BCUT2D eigenvalue weighted by Gasteiger charge is 2.20. The fraction of sp³-hybridized carbons (Fsp3) is 0.727. The van der Waals surface area contributed by atoms with E-state index >= 15 is 0 Å². The van der Waals surface area contributed by atoms with Crippen LogP contribution in [0.4, 0.5) is 0 Å². The van der Waals surface area contributed by atoms with E-state index in [9.17, 15) is 0 Å². The molecule has 1 aromatic heterocycles. The van der Waals surface area contributed by atoms with Crippen LogP contribution in [0.5, 0.6) is 0 Å². The van der Waals surface area contributed by atoms with Crippen molar-refractivity contribution in [3.05, 3.63) is 18.2 Å². The van der Waals surface area contributed by atoms with Gasteiger partial charge in [0.25, 0.3) is 0 Å². The average molecular weight is 180 g/mol. The van der Waals surface area contributed by atoms with E-state index in [0.717, 1.165) is 6.42 Å². The molecule has 2 heteroatoms. The van der Waals surface area contributed by atoms with Crippen LogP contribution in [-0.4, -0.2) is 9.55 Å². The number of imidazole rings is 1.